The fourth-order valence-corrected chi connectivity index (χ4v) is 1.42. The Balaban J connectivity index is 2.44. The molecule has 1 aromatic carbocycles. The highest BCUT2D eigenvalue weighted by atomic mass is 19.1. The molecule has 2 nitrogen and oxygen atoms in total. The van der Waals surface area contributed by atoms with Gasteiger partial charge in [-0.05, 0) is 24.3 Å². The molecule has 0 bridgehead atoms. The summed E-state index contributed by atoms with van der Waals surface area (Å²) in [6.07, 6.45) is 2.73. The zero-order valence-corrected chi connectivity index (χ0v) is 8.77. The van der Waals surface area contributed by atoms with Crippen LogP contribution in [0, 0.1) is 11.6 Å². The van der Waals surface area contributed by atoms with E-state index >= 15 is 0 Å². The van der Waals surface area contributed by atoms with E-state index in [1.165, 1.54) is 18.3 Å². The Kier molecular flexibility index (Phi) is 3.14. The standard InChI is InChI=1S/C13H9F2NO/c14-10-5-3-6-11(15)13(10)12(17)8-9-4-1-2-7-16-9/h1-8,17H/b12-8+. The van der Waals surface area contributed by atoms with Gasteiger partial charge in [0.05, 0.1) is 11.3 Å². The predicted molar refractivity (Wildman–Crippen MR) is 61.1 cm³/mol. The van der Waals surface area contributed by atoms with E-state index in [1.807, 2.05) is 0 Å². The SMILES string of the molecule is O/C(=C/c1ccccn1)c1c(F)cccc1F. The Morgan fingerprint density at radius 2 is 1.76 bits per heavy atom. The Bertz CT molecular complexity index is 532. The number of rotatable bonds is 2. The van der Waals surface area contributed by atoms with Crippen LogP contribution in [-0.2, 0) is 0 Å². The van der Waals surface area contributed by atoms with Gasteiger partial charge in [0.2, 0.25) is 0 Å². The van der Waals surface area contributed by atoms with E-state index in [9.17, 15) is 13.9 Å². The molecule has 1 heterocycles. The first-order valence-corrected chi connectivity index (χ1v) is 4.94. The van der Waals surface area contributed by atoms with Gasteiger partial charge in [0.1, 0.15) is 17.4 Å². The number of aliphatic hydroxyl groups is 1. The smallest absolute Gasteiger partial charge is 0.137 e. The first-order chi connectivity index (χ1) is 8.18. The quantitative estimate of drug-likeness (QED) is 0.806. The third-order valence-corrected chi connectivity index (χ3v) is 2.19. The van der Waals surface area contributed by atoms with Crippen LogP contribution in [0.5, 0.6) is 0 Å². The Hall–Kier alpha value is -2.23. The fourth-order valence-electron chi connectivity index (χ4n) is 1.42. The average Bonchev–Trinajstić information content (AvgIpc) is 2.30. The molecule has 17 heavy (non-hydrogen) atoms. The molecule has 0 fully saturated rings. The highest BCUT2D eigenvalue weighted by Gasteiger charge is 2.12. The van der Waals surface area contributed by atoms with Crippen molar-refractivity contribution in [1.29, 1.82) is 0 Å². The molecule has 1 N–H and O–H groups in total. The number of nitrogens with zero attached hydrogens (tertiary/aromatic N) is 1. The van der Waals surface area contributed by atoms with Crippen molar-refractivity contribution in [2.75, 3.05) is 0 Å². The van der Waals surface area contributed by atoms with Crippen molar-refractivity contribution in [2.24, 2.45) is 0 Å². The minimum Gasteiger partial charge on any atom is -0.507 e. The second-order valence-corrected chi connectivity index (χ2v) is 3.38. The summed E-state index contributed by atoms with van der Waals surface area (Å²) >= 11 is 0. The molecule has 1 aromatic heterocycles. The molecule has 0 saturated carbocycles. The van der Waals surface area contributed by atoms with Gasteiger partial charge in [0.25, 0.3) is 0 Å². The summed E-state index contributed by atoms with van der Waals surface area (Å²) in [5, 5.41) is 9.68. The lowest BCUT2D eigenvalue weighted by Gasteiger charge is -2.03. The molecule has 0 atom stereocenters. The molecular weight excluding hydrogens is 224 g/mol. The number of pyridine rings is 1. The number of aliphatic hydroxyl groups excluding tert-OH is 1. The van der Waals surface area contributed by atoms with Crippen LogP contribution in [0.15, 0.2) is 42.6 Å². The molecule has 0 unspecified atom stereocenters. The third kappa shape index (κ3) is 2.47. The van der Waals surface area contributed by atoms with Crippen LogP contribution < -0.4 is 0 Å². The largest absolute Gasteiger partial charge is 0.507 e. The molecule has 4 heteroatoms. The summed E-state index contributed by atoms with van der Waals surface area (Å²) in [6, 6.07) is 8.45. The van der Waals surface area contributed by atoms with E-state index < -0.39 is 23.0 Å². The summed E-state index contributed by atoms with van der Waals surface area (Å²) in [7, 11) is 0. The van der Waals surface area contributed by atoms with Crippen LogP contribution in [0.25, 0.3) is 11.8 Å². The highest BCUT2D eigenvalue weighted by Crippen LogP contribution is 2.21. The number of benzene rings is 1. The van der Waals surface area contributed by atoms with Crippen molar-refractivity contribution in [2.45, 2.75) is 0 Å². The molecule has 0 amide bonds. The van der Waals surface area contributed by atoms with Crippen LogP contribution in [0.1, 0.15) is 11.3 Å². The van der Waals surface area contributed by atoms with E-state index in [4.69, 9.17) is 0 Å². The molecule has 0 aliphatic rings. The number of hydrogen-bond acceptors (Lipinski definition) is 2. The molecule has 0 saturated heterocycles. The lowest BCUT2D eigenvalue weighted by molar-refractivity contribution is 0.491. The second kappa shape index (κ2) is 4.74. The summed E-state index contributed by atoms with van der Waals surface area (Å²) < 4.78 is 26.7. The van der Waals surface area contributed by atoms with Crippen molar-refractivity contribution in [3.8, 4) is 0 Å². The number of aromatic nitrogens is 1. The van der Waals surface area contributed by atoms with E-state index in [0.717, 1.165) is 12.1 Å². The normalized spacial score (nSPS) is 11.5. The van der Waals surface area contributed by atoms with Crippen molar-refractivity contribution in [1.82, 2.24) is 4.98 Å². The second-order valence-electron chi connectivity index (χ2n) is 3.38. The number of halogens is 2. The summed E-state index contributed by atoms with van der Waals surface area (Å²) in [4.78, 5) is 3.92. The zero-order chi connectivity index (χ0) is 12.3. The van der Waals surface area contributed by atoms with Gasteiger partial charge in [-0.3, -0.25) is 4.98 Å². The summed E-state index contributed by atoms with van der Waals surface area (Å²) in [6.45, 7) is 0. The van der Waals surface area contributed by atoms with Crippen molar-refractivity contribution >= 4 is 11.8 Å². The lowest BCUT2D eigenvalue weighted by atomic mass is 10.1. The molecule has 0 aliphatic heterocycles. The van der Waals surface area contributed by atoms with E-state index in [0.29, 0.717) is 5.69 Å². The minimum atomic E-state index is -0.810. The van der Waals surface area contributed by atoms with Gasteiger partial charge >= 0.3 is 0 Å². The number of hydrogen-bond donors (Lipinski definition) is 1. The van der Waals surface area contributed by atoms with Crippen LogP contribution in [0.3, 0.4) is 0 Å². The van der Waals surface area contributed by atoms with Crippen LogP contribution >= 0.6 is 0 Å². The monoisotopic (exact) mass is 233 g/mol. The molecule has 0 spiro atoms. The van der Waals surface area contributed by atoms with Crippen LogP contribution in [0.2, 0.25) is 0 Å². The van der Waals surface area contributed by atoms with Crippen molar-refractivity contribution < 1.29 is 13.9 Å². The fraction of sp³-hybridized carbons (Fsp3) is 0. The molecule has 2 rings (SSSR count). The highest BCUT2D eigenvalue weighted by molar-refractivity contribution is 5.75. The lowest BCUT2D eigenvalue weighted by Crippen LogP contribution is -1.94. The van der Waals surface area contributed by atoms with Gasteiger partial charge in [0.15, 0.2) is 0 Å². The summed E-state index contributed by atoms with van der Waals surface area (Å²) in [5.41, 5.74) is -0.0224. The molecule has 0 radical (unpaired) electrons. The third-order valence-electron chi connectivity index (χ3n) is 2.19. The average molecular weight is 233 g/mol. The predicted octanol–water partition coefficient (Wildman–Crippen LogP) is 3.42. The van der Waals surface area contributed by atoms with Crippen molar-refractivity contribution in [3.05, 3.63) is 65.5 Å². The molecule has 2 aromatic rings. The van der Waals surface area contributed by atoms with Gasteiger partial charge < -0.3 is 5.11 Å². The topological polar surface area (TPSA) is 33.1 Å². The summed E-state index contributed by atoms with van der Waals surface area (Å²) in [5.74, 6) is -2.11. The molecule has 86 valence electrons. The maximum absolute atomic E-state index is 13.3. The Morgan fingerprint density at radius 1 is 1.06 bits per heavy atom. The maximum atomic E-state index is 13.3. The molecule has 0 aliphatic carbocycles. The first kappa shape index (κ1) is 11.3. The van der Waals surface area contributed by atoms with Gasteiger partial charge in [-0.2, -0.15) is 0 Å². The minimum absolute atomic E-state index is 0.424. The first-order valence-electron chi connectivity index (χ1n) is 4.94. The Labute approximate surface area is 96.9 Å². The van der Waals surface area contributed by atoms with Gasteiger partial charge in [-0.25, -0.2) is 8.78 Å². The Morgan fingerprint density at radius 3 is 2.35 bits per heavy atom. The van der Waals surface area contributed by atoms with Gasteiger partial charge in [0, 0.05) is 12.3 Å². The van der Waals surface area contributed by atoms with E-state index in [-0.39, 0.29) is 0 Å². The van der Waals surface area contributed by atoms with Gasteiger partial charge in [-0.1, -0.05) is 12.1 Å². The van der Waals surface area contributed by atoms with Crippen LogP contribution in [-0.4, -0.2) is 10.1 Å². The maximum Gasteiger partial charge on any atom is 0.137 e. The zero-order valence-electron chi connectivity index (χ0n) is 8.77. The molecular formula is C13H9F2NO. The van der Waals surface area contributed by atoms with E-state index in [1.54, 1.807) is 18.2 Å². The van der Waals surface area contributed by atoms with E-state index in [2.05, 4.69) is 4.98 Å². The van der Waals surface area contributed by atoms with Crippen LogP contribution in [0.4, 0.5) is 8.78 Å². The van der Waals surface area contributed by atoms with Gasteiger partial charge in [-0.15, -0.1) is 0 Å². The van der Waals surface area contributed by atoms with Crippen molar-refractivity contribution in [3.63, 3.8) is 0 Å².